The van der Waals surface area contributed by atoms with Gasteiger partial charge in [0, 0.05) is 34.1 Å². The molecule has 0 amide bonds. The van der Waals surface area contributed by atoms with Gasteiger partial charge in [0.25, 0.3) is 0 Å². The SMILES string of the molecule is c1ccc(-c2ccc(N(c3ccc(-c4ccccc4)cc3)c3ccc(-c4ccc(N(c5ccccc5)c5ccc(-c6cccc(-c7ccccc7)c6)cc5)cc4)cc3)cc2)cc1. The van der Waals surface area contributed by atoms with Crippen LogP contribution in [-0.2, 0) is 0 Å². The molecule has 10 aromatic carbocycles. The number of rotatable bonds is 11. The molecule has 0 unspecified atom stereocenters. The van der Waals surface area contributed by atoms with Crippen LogP contribution in [0.2, 0.25) is 0 Å². The molecule has 294 valence electrons. The molecule has 0 saturated carbocycles. The third-order valence-electron chi connectivity index (χ3n) is 11.5. The van der Waals surface area contributed by atoms with E-state index in [2.05, 4.69) is 277 Å². The van der Waals surface area contributed by atoms with Crippen LogP contribution in [0, 0.1) is 0 Å². The van der Waals surface area contributed by atoms with E-state index < -0.39 is 0 Å². The van der Waals surface area contributed by atoms with Gasteiger partial charge in [0.1, 0.15) is 0 Å². The van der Waals surface area contributed by atoms with Gasteiger partial charge in [-0.15, -0.1) is 0 Å². The predicted molar refractivity (Wildman–Crippen MR) is 263 cm³/mol. The summed E-state index contributed by atoms with van der Waals surface area (Å²) in [5.74, 6) is 0. The summed E-state index contributed by atoms with van der Waals surface area (Å²) in [6, 6.07) is 95.5. The molecular weight excluding hydrogens is 749 g/mol. The molecule has 0 atom stereocenters. The van der Waals surface area contributed by atoms with Crippen LogP contribution < -0.4 is 9.80 Å². The topological polar surface area (TPSA) is 6.48 Å². The van der Waals surface area contributed by atoms with Gasteiger partial charge in [-0.2, -0.15) is 0 Å². The van der Waals surface area contributed by atoms with Gasteiger partial charge >= 0.3 is 0 Å². The maximum atomic E-state index is 2.33. The van der Waals surface area contributed by atoms with Crippen molar-refractivity contribution < 1.29 is 0 Å². The lowest BCUT2D eigenvalue weighted by molar-refractivity contribution is 1.28. The van der Waals surface area contributed by atoms with Crippen molar-refractivity contribution in [2.75, 3.05) is 9.80 Å². The van der Waals surface area contributed by atoms with Crippen LogP contribution in [-0.4, -0.2) is 0 Å². The Morgan fingerprint density at radius 1 is 0.145 bits per heavy atom. The third kappa shape index (κ3) is 8.18. The van der Waals surface area contributed by atoms with E-state index in [4.69, 9.17) is 0 Å². The molecule has 0 N–H and O–H groups in total. The summed E-state index contributed by atoms with van der Waals surface area (Å²) in [6.45, 7) is 0. The molecule has 2 heteroatoms. The molecule has 0 aliphatic rings. The Labute approximate surface area is 364 Å². The zero-order valence-electron chi connectivity index (χ0n) is 34.3. The highest BCUT2D eigenvalue weighted by Gasteiger charge is 2.16. The van der Waals surface area contributed by atoms with E-state index in [1.165, 1.54) is 44.5 Å². The average Bonchev–Trinajstić information content (AvgIpc) is 3.36. The molecule has 10 aromatic rings. The molecule has 0 saturated heterocycles. The summed E-state index contributed by atoms with van der Waals surface area (Å²) in [4.78, 5) is 4.65. The quantitative estimate of drug-likeness (QED) is 0.129. The second kappa shape index (κ2) is 17.6. The summed E-state index contributed by atoms with van der Waals surface area (Å²) < 4.78 is 0. The molecule has 2 nitrogen and oxygen atoms in total. The van der Waals surface area contributed by atoms with Crippen LogP contribution in [0.5, 0.6) is 0 Å². The smallest absolute Gasteiger partial charge is 0.0462 e. The van der Waals surface area contributed by atoms with Crippen LogP contribution in [0.25, 0.3) is 55.6 Å². The van der Waals surface area contributed by atoms with Gasteiger partial charge in [-0.3, -0.25) is 0 Å². The second-order valence-corrected chi connectivity index (χ2v) is 15.4. The first-order valence-electron chi connectivity index (χ1n) is 21.2. The first-order chi connectivity index (χ1) is 30.7. The summed E-state index contributed by atoms with van der Waals surface area (Å²) >= 11 is 0. The van der Waals surface area contributed by atoms with E-state index in [9.17, 15) is 0 Å². The number of nitrogens with zero attached hydrogens (tertiary/aromatic N) is 2. The minimum Gasteiger partial charge on any atom is -0.311 e. The number of anilines is 6. The first kappa shape index (κ1) is 38.0. The first-order valence-corrected chi connectivity index (χ1v) is 21.2. The highest BCUT2D eigenvalue weighted by atomic mass is 15.1. The van der Waals surface area contributed by atoms with Gasteiger partial charge in [0.2, 0.25) is 0 Å². The van der Waals surface area contributed by atoms with Gasteiger partial charge in [-0.05, 0) is 134 Å². The maximum Gasteiger partial charge on any atom is 0.0462 e. The number of para-hydroxylation sites is 1. The van der Waals surface area contributed by atoms with E-state index in [0.717, 1.165) is 45.3 Å². The highest BCUT2D eigenvalue weighted by molar-refractivity contribution is 5.83. The van der Waals surface area contributed by atoms with Crippen molar-refractivity contribution >= 4 is 34.1 Å². The van der Waals surface area contributed by atoms with Crippen LogP contribution in [0.1, 0.15) is 0 Å². The van der Waals surface area contributed by atoms with Gasteiger partial charge in [0.15, 0.2) is 0 Å². The third-order valence-corrected chi connectivity index (χ3v) is 11.5. The Hall–Kier alpha value is -8.20. The zero-order chi connectivity index (χ0) is 41.5. The van der Waals surface area contributed by atoms with Gasteiger partial charge in [-0.25, -0.2) is 0 Å². The fourth-order valence-corrected chi connectivity index (χ4v) is 8.26. The van der Waals surface area contributed by atoms with E-state index >= 15 is 0 Å². The summed E-state index contributed by atoms with van der Waals surface area (Å²) in [6.07, 6.45) is 0. The predicted octanol–water partition coefficient (Wildman–Crippen LogP) is 17.0. The van der Waals surface area contributed by atoms with Crippen LogP contribution in [0.4, 0.5) is 34.1 Å². The van der Waals surface area contributed by atoms with Crippen molar-refractivity contribution in [2.45, 2.75) is 0 Å². The van der Waals surface area contributed by atoms with Crippen molar-refractivity contribution in [1.82, 2.24) is 0 Å². The molecule has 62 heavy (non-hydrogen) atoms. The second-order valence-electron chi connectivity index (χ2n) is 15.4. The Kier molecular flexibility index (Phi) is 10.8. The molecule has 0 heterocycles. The number of hydrogen-bond donors (Lipinski definition) is 0. The zero-order valence-corrected chi connectivity index (χ0v) is 34.3. The minimum absolute atomic E-state index is 1.09. The van der Waals surface area contributed by atoms with E-state index in [1.54, 1.807) is 0 Å². The number of benzene rings is 10. The monoisotopic (exact) mass is 792 g/mol. The van der Waals surface area contributed by atoms with Crippen LogP contribution in [0.3, 0.4) is 0 Å². The average molecular weight is 793 g/mol. The molecule has 10 rings (SSSR count). The summed E-state index contributed by atoms with van der Waals surface area (Å²) in [7, 11) is 0. The lowest BCUT2D eigenvalue weighted by atomic mass is 9.99. The molecule has 0 radical (unpaired) electrons. The molecule has 0 bridgehead atoms. The van der Waals surface area contributed by atoms with Gasteiger partial charge < -0.3 is 9.80 Å². The largest absolute Gasteiger partial charge is 0.311 e. The molecule has 0 aromatic heterocycles. The van der Waals surface area contributed by atoms with Crippen molar-refractivity contribution in [2.24, 2.45) is 0 Å². The van der Waals surface area contributed by atoms with Crippen molar-refractivity contribution in [3.05, 3.63) is 267 Å². The normalized spacial score (nSPS) is 10.9. The van der Waals surface area contributed by atoms with E-state index in [1.807, 2.05) is 0 Å². The van der Waals surface area contributed by atoms with Crippen LogP contribution >= 0.6 is 0 Å². The molecule has 0 aliphatic heterocycles. The molecular formula is C60H44N2. The summed E-state index contributed by atoms with van der Waals surface area (Å²) in [5.41, 5.74) is 18.5. The van der Waals surface area contributed by atoms with Crippen molar-refractivity contribution in [3.63, 3.8) is 0 Å². The van der Waals surface area contributed by atoms with Crippen molar-refractivity contribution in [3.8, 4) is 55.6 Å². The molecule has 0 aliphatic carbocycles. The number of hydrogen-bond acceptors (Lipinski definition) is 2. The van der Waals surface area contributed by atoms with Gasteiger partial charge in [0.05, 0.1) is 0 Å². The molecule has 0 fully saturated rings. The van der Waals surface area contributed by atoms with Gasteiger partial charge in [-0.1, -0.05) is 188 Å². The Morgan fingerprint density at radius 2 is 0.339 bits per heavy atom. The van der Waals surface area contributed by atoms with Crippen LogP contribution in [0.15, 0.2) is 267 Å². The Bertz CT molecular complexity index is 2900. The minimum atomic E-state index is 1.09. The fraction of sp³-hybridized carbons (Fsp3) is 0. The maximum absolute atomic E-state index is 2.33. The standard InChI is InChI=1S/C60H44N2/c1-5-14-45(15-6-1)48-24-34-58(35-25-48)62(59-36-26-49(27-37-59)46-16-7-2-8-17-46)60-40-30-51(31-41-60)50-28-38-56(39-29-50)61(55-22-11-4-12-23-55)57-42-32-52(33-43-57)54-21-13-20-53(44-54)47-18-9-3-10-19-47/h1-44H. The lowest BCUT2D eigenvalue weighted by Gasteiger charge is -2.26. The fourth-order valence-electron chi connectivity index (χ4n) is 8.26. The van der Waals surface area contributed by atoms with Crippen molar-refractivity contribution in [1.29, 1.82) is 0 Å². The lowest BCUT2D eigenvalue weighted by Crippen LogP contribution is -2.10. The van der Waals surface area contributed by atoms with E-state index in [0.29, 0.717) is 0 Å². The Balaban J connectivity index is 0.932. The highest BCUT2D eigenvalue weighted by Crippen LogP contribution is 2.40. The Morgan fingerprint density at radius 3 is 0.629 bits per heavy atom. The summed E-state index contributed by atoms with van der Waals surface area (Å²) in [5, 5.41) is 0. The molecule has 0 spiro atoms. The van der Waals surface area contributed by atoms with E-state index in [-0.39, 0.29) is 0 Å².